The van der Waals surface area contributed by atoms with Crippen LogP contribution < -0.4 is 4.90 Å². The van der Waals surface area contributed by atoms with Gasteiger partial charge in [0.25, 0.3) is 0 Å². The fraction of sp³-hybridized carbons (Fsp3) is 0.267. The zero-order valence-corrected chi connectivity index (χ0v) is 14.6. The Kier molecular flexibility index (Phi) is 3.94. The van der Waals surface area contributed by atoms with Crippen molar-refractivity contribution in [3.63, 3.8) is 0 Å². The second-order valence-corrected chi connectivity index (χ2v) is 6.81. The van der Waals surface area contributed by atoms with Gasteiger partial charge in [-0.25, -0.2) is 14.1 Å². The van der Waals surface area contributed by atoms with E-state index >= 15 is 0 Å². The van der Waals surface area contributed by atoms with Crippen LogP contribution in [0.5, 0.6) is 0 Å². The molecule has 1 aliphatic heterocycles. The van der Waals surface area contributed by atoms with Crippen molar-refractivity contribution < 1.29 is 8.78 Å². The quantitative estimate of drug-likeness (QED) is 0.500. The Bertz CT molecular complexity index is 876. The van der Waals surface area contributed by atoms with Crippen LogP contribution in [0.3, 0.4) is 0 Å². The van der Waals surface area contributed by atoms with Gasteiger partial charge in [0.1, 0.15) is 11.5 Å². The maximum Gasteiger partial charge on any atom is 0.213 e. The van der Waals surface area contributed by atoms with E-state index in [0.717, 1.165) is 22.1 Å². The van der Waals surface area contributed by atoms with E-state index in [1.54, 1.807) is 10.9 Å². The van der Waals surface area contributed by atoms with Crippen LogP contribution in [0.1, 0.15) is 24.6 Å². The molecule has 0 bridgehead atoms. The van der Waals surface area contributed by atoms with Crippen molar-refractivity contribution in [1.82, 2.24) is 25.0 Å². The van der Waals surface area contributed by atoms with Crippen molar-refractivity contribution >= 4 is 28.4 Å². The Balaban J connectivity index is 1.66. The van der Waals surface area contributed by atoms with Gasteiger partial charge in [-0.2, -0.15) is 14.6 Å². The normalized spacial score (nSPS) is 17.6. The fourth-order valence-electron chi connectivity index (χ4n) is 2.99. The third-order valence-electron chi connectivity index (χ3n) is 4.05. The van der Waals surface area contributed by atoms with E-state index in [0.29, 0.717) is 24.6 Å². The first-order valence-corrected chi connectivity index (χ1v) is 8.54. The third kappa shape index (κ3) is 2.76. The van der Waals surface area contributed by atoms with Crippen LogP contribution in [-0.2, 0) is 0 Å². The smallest absolute Gasteiger partial charge is 0.213 e. The molecule has 1 N–H and O–H groups in total. The lowest BCUT2D eigenvalue weighted by Crippen LogP contribution is -2.24. The lowest BCUT2D eigenvalue weighted by molar-refractivity contribution is 0.518. The minimum Gasteiger partial charge on any atom is -0.346 e. The molecule has 0 spiro atoms. The molecule has 1 atom stereocenters. The summed E-state index contributed by atoms with van der Waals surface area (Å²) in [5.41, 5.74) is 0.130. The van der Waals surface area contributed by atoms with E-state index in [4.69, 9.17) is 0 Å². The van der Waals surface area contributed by atoms with Crippen molar-refractivity contribution in [3.8, 4) is 5.82 Å². The number of nitrogens with zero attached hydrogens (tertiary/aromatic N) is 5. The largest absolute Gasteiger partial charge is 0.346 e. The second kappa shape index (κ2) is 6.11. The van der Waals surface area contributed by atoms with Crippen molar-refractivity contribution in [2.45, 2.75) is 18.9 Å². The first-order chi connectivity index (χ1) is 11.6. The molecule has 124 valence electrons. The van der Waals surface area contributed by atoms with Crippen molar-refractivity contribution in [2.75, 3.05) is 11.4 Å². The zero-order chi connectivity index (χ0) is 16.7. The molecule has 0 amide bonds. The molecule has 0 saturated carbocycles. The summed E-state index contributed by atoms with van der Waals surface area (Å²) in [6.07, 6.45) is 5.18. The summed E-state index contributed by atoms with van der Waals surface area (Å²) in [6.45, 7) is 0.712. The number of hydrogen-bond donors (Lipinski definition) is 1. The first kappa shape index (κ1) is 15.5. The Morgan fingerprint density at radius 2 is 2.17 bits per heavy atom. The predicted molar refractivity (Wildman–Crippen MR) is 91.9 cm³/mol. The van der Waals surface area contributed by atoms with Crippen LogP contribution in [0.4, 0.5) is 14.6 Å². The molecule has 0 aliphatic carbocycles. The van der Waals surface area contributed by atoms with Crippen LogP contribution in [0.2, 0.25) is 0 Å². The van der Waals surface area contributed by atoms with E-state index in [1.807, 2.05) is 17.2 Å². The van der Waals surface area contributed by atoms with Gasteiger partial charge in [0.2, 0.25) is 5.95 Å². The van der Waals surface area contributed by atoms with Gasteiger partial charge in [0, 0.05) is 18.8 Å². The number of anilines is 1. The molecule has 24 heavy (non-hydrogen) atoms. The van der Waals surface area contributed by atoms with Crippen LogP contribution in [0.15, 0.2) is 30.6 Å². The SMILES string of the molecule is Fc1ccc(F)c([C@H]2CCCN2c2cc(-n3cc(I)cn3)[nH]n2)n1. The fourth-order valence-corrected chi connectivity index (χ4v) is 3.38. The maximum absolute atomic E-state index is 14.1. The molecule has 6 nitrogen and oxygen atoms in total. The van der Waals surface area contributed by atoms with E-state index in [1.165, 1.54) is 0 Å². The summed E-state index contributed by atoms with van der Waals surface area (Å²) in [5.74, 6) is 0.215. The van der Waals surface area contributed by atoms with Gasteiger partial charge in [0.05, 0.1) is 15.8 Å². The van der Waals surface area contributed by atoms with Gasteiger partial charge in [-0.05, 0) is 47.6 Å². The number of aromatic amines is 1. The zero-order valence-electron chi connectivity index (χ0n) is 12.5. The van der Waals surface area contributed by atoms with Gasteiger partial charge in [0.15, 0.2) is 11.6 Å². The highest BCUT2D eigenvalue weighted by atomic mass is 127. The first-order valence-electron chi connectivity index (χ1n) is 7.46. The molecule has 0 unspecified atom stereocenters. The van der Waals surface area contributed by atoms with Crippen LogP contribution in [0.25, 0.3) is 5.82 Å². The van der Waals surface area contributed by atoms with E-state index in [9.17, 15) is 8.78 Å². The van der Waals surface area contributed by atoms with Crippen LogP contribution in [0, 0.1) is 15.3 Å². The average molecular weight is 442 g/mol. The lowest BCUT2D eigenvalue weighted by Gasteiger charge is -2.24. The Morgan fingerprint density at radius 1 is 1.29 bits per heavy atom. The van der Waals surface area contributed by atoms with Gasteiger partial charge in [-0.1, -0.05) is 0 Å². The van der Waals surface area contributed by atoms with E-state index in [2.05, 4.69) is 42.9 Å². The molecule has 0 radical (unpaired) electrons. The van der Waals surface area contributed by atoms with E-state index in [-0.39, 0.29) is 11.7 Å². The van der Waals surface area contributed by atoms with Crippen molar-refractivity contribution in [1.29, 1.82) is 0 Å². The number of hydrogen-bond acceptors (Lipinski definition) is 4. The minimum absolute atomic E-state index is 0.130. The van der Waals surface area contributed by atoms with E-state index < -0.39 is 11.8 Å². The van der Waals surface area contributed by atoms with Gasteiger partial charge < -0.3 is 4.90 Å². The van der Waals surface area contributed by atoms with Crippen LogP contribution in [-0.4, -0.2) is 31.5 Å². The predicted octanol–water partition coefficient (Wildman–Crippen LogP) is 3.21. The number of pyridine rings is 1. The molecule has 0 aromatic carbocycles. The lowest BCUT2D eigenvalue weighted by atomic mass is 10.1. The second-order valence-electron chi connectivity index (χ2n) is 5.57. The number of rotatable bonds is 3. The van der Waals surface area contributed by atoms with Crippen LogP contribution >= 0.6 is 22.6 Å². The van der Waals surface area contributed by atoms with Crippen molar-refractivity contribution in [3.05, 3.63) is 51.6 Å². The Labute approximate surface area is 150 Å². The third-order valence-corrected chi connectivity index (χ3v) is 4.61. The minimum atomic E-state index is -0.674. The number of nitrogens with one attached hydrogen (secondary N) is 1. The summed E-state index contributed by atoms with van der Waals surface area (Å²) in [5, 5.41) is 11.5. The highest BCUT2D eigenvalue weighted by Crippen LogP contribution is 2.35. The van der Waals surface area contributed by atoms with Gasteiger partial charge in [-0.15, -0.1) is 0 Å². The molecule has 1 aliphatic rings. The standard InChI is InChI=1S/C15H13F2IN6/c16-10-3-4-12(17)20-15(10)11-2-1-5-23(11)13-6-14(22-21-13)24-8-9(18)7-19-24/h3-4,6-8,11H,1-2,5H2,(H,21,22)/t11-/m1/s1. The summed E-state index contributed by atoms with van der Waals surface area (Å²) >= 11 is 2.18. The van der Waals surface area contributed by atoms with Gasteiger partial charge >= 0.3 is 0 Å². The molecular weight excluding hydrogens is 429 g/mol. The highest BCUT2D eigenvalue weighted by Gasteiger charge is 2.31. The molecule has 1 fully saturated rings. The summed E-state index contributed by atoms with van der Waals surface area (Å²) in [4.78, 5) is 5.70. The summed E-state index contributed by atoms with van der Waals surface area (Å²) in [7, 11) is 0. The number of halogens is 3. The van der Waals surface area contributed by atoms with Crippen molar-refractivity contribution in [2.24, 2.45) is 0 Å². The highest BCUT2D eigenvalue weighted by molar-refractivity contribution is 14.1. The molecule has 3 aromatic heterocycles. The monoisotopic (exact) mass is 442 g/mol. The summed E-state index contributed by atoms with van der Waals surface area (Å²) < 4.78 is 30.2. The molecule has 4 heterocycles. The number of aromatic nitrogens is 5. The number of H-pyrrole nitrogens is 1. The Hall–Kier alpha value is -2.04. The molecule has 3 aromatic rings. The molecular formula is C15H13F2IN6. The van der Waals surface area contributed by atoms with Gasteiger partial charge in [-0.3, -0.25) is 5.10 Å². The Morgan fingerprint density at radius 3 is 2.96 bits per heavy atom. The molecule has 1 saturated heterocycles. The summed E-state index contributed by atoms with van der Waals surface area (Å²) in [6, 6.07) is 3.67. The topological polar surface area (TPSA) is 62.6 Å². The molecule has 4 rings (SSSR count). The maximum atomic E-state index is 14.1. The average Bonchev–Trinajstić information content (AvgIpc) is 3.28. The molecule has 9 heteroatoms.